The van der Waals surface area contributed by atoms with Gasteiger partial charge in [-0.25, -0.2) is 0 Å². The van der Waals surface area contributed by atoms with Crippen LogP contribution in [0.1, 0.15) is 26.7 Å². The predicted octanol–water partition coefficient (Wildman–Crippen LogP) is 6.41. The zero-order chi connectivity index (χ0) is 17.9. The van der Waals surface area contributed by atoms with E-state index in [-0.39, 0.29) is 0 Å². The third kappa shape index (κ3) is 2.86. The van der Waals surface area contributed by atoms with Crippen LogP contribution in [0.15, 0.2) is 72.8 Å². The zero-order valence-electron chi connectivity index (χ0n) is 15.7. The fraction of sp³-hybridized carbons (Fsp3) is 0.250. The van der Waals surface area contributed by atoms with Gasteiger partial charge in [-0.05, 0) is 49.2 Å². The molecule has 0 unspecified atom stereocenters. The Labute approximate surface area is 155 Å². The zero-order valence-corrected chi connectivity index (χ0v) is 15.7. The SMILES string of the molecule is CCCN(CCC)c1ccc(-n2c3ccccc3c3ccccc32)cc1. The summed E-state index contributed by atoms with van der Waals surface area (Å²) in [5.41, 5.74) is 5.07. The number of hydrogen-bond acceptors (Lipinski definition) is 1. The van der Waals surface area contributed by atoms with Crippen LogP contribution < -0.4 is 4.90 Å². The van der Waals surface area contributed by atoms with E-state index in [0.717, 1.165) is 13.1 Å². The van der Waals surface area contributed by atoms with Crippen LogP contribution in [0.3, 0.4) is 0 Å². The van der Waals surface area contributed by atoms with Crippen LogP contribution in [-0.4, -0.2) is 17.7 Å². The van der Waals surface area contributed by atoms with E-state index in [9.17, 15) is 0 Å². The number of aromatic nitrogens is 1. The summed E-state index contributed by atoms with van der Waals surface area (Å²) in [4.78, 5) is 2.48. The molecule has 3 aromatic carbocycles. The highest BCUT2D eigenvalue weighted by Gasteiger charge is 2.11. The Hall–Kier alpha value is -2.74. The van der Waals surface area contributed by atoms with Crippen molar-refractivity contribution in [2.24, 2.45) is 0 Å². The minimum absolute atomic E-state index is 1.11. The first kappa shape index (κ1) is 16.7. The quantitative estimate of drug-likeness (QED) is 0.393. The molecule has 4 rings (SSSR count). The van der Waals surface area contributed by atoms with Crippen molar-refractivity contribution in [1.82, 2.24) is 4.57 Å². The molecule has 0 atom stereocenters. The number of nitrogens with zero attached hydrogens (tertiary/aromatic N) is 2. The van der Waals surface area contributed by atoms with E-state index >= 15 is 0 Å². The van der Waals surface area contributed by atoms with Crippen LogP contribution in [0.2, 0.25) is 0 Å². The van der Waals surface area contributed by atoms with Gasteiger partial charge in [-0.2, -0.15) is 0 Å². The first-order valence-electron chi connectivity index (χ1n) is 9.67. The molecule has 1 heterocycles. The third-order valence-corrected chi connectivity index (χ3v) is 5.04. The van der Waals surface area contributed by atoms with Crippen molar-refractivity contribution in [1.29, 1.82) is 0 Å². The van der Waals surface area contributed by atoms with Crippen LogP contribution in [0.25, 0.3) is 27.5 Å². The molecule has 0 spiro atoms. The molecule has 0 N–H and O–H groups in total. The lowest BCUT2D eigenvalue weighted by Crippen LogP contribution is -2.24. The molecular weight excluding hydrogens is 316 g/mol. The number of fused-ring (bicyclic) bond motifs is 3. The summed E-state index contributed by atoms with van der Waals surface area (Å²) in [5, 5.41) is 2.62. The van der Waals surface area contributed by atoms with Crippen LogP contribution in [-0.2, 0) is 0 Å². The second-order valence-corrected chi connectivity index (χ2v) is 6.87. The Morgan fingerprint density at radius 2 is 1.15 bits per heavy atom. The molecule has 0 bridgehead atoms. The average Bonchev–Trinajstić information content (AvgIpc) is 3.03. The van der Waals surface area contributed by atoms with Gasteiger partial charge in [0.15, 0.2) is 0 Å². The van der Waals surface area contributed by atoms with Crippen molar-refractivity contribution in [3.63, 3.8) is 0 Å². The van der Waals surface area contributed by atoms with Gasteiger partial charge >= 0.3 is 0 Å². The molecule has 0 aliphatic rings. The van der Waals surface area contributed by atoms with Crippen molar-refractivity contribution in [3.8, 4) is 5.69 Å². The normalized spacial score (nSPS) is 11.3. The van der Waals surface area contributed by atoms with E-state index in [2.05, 4.69) is 96.1 Å². The lowest BCUT2D eigenvalue weighted by atomic mass is 10.2. The third-order valence-electron chi connectivity index (χ3n) is 5.04. The summed E-state index contributed by atoms with van der Waals surface area (Å²) in [7, 11) is 0. The number of benzene rings is 3. The van der Waals surface area contributed by atoms with Gasteiger partial charge in [0.25, 0.3) is 0 Å². The summed E-state index contributed by atoms with van der Waals surface area (Å²) < 4.78 is 2.37. The van der Waals surface area contributed by atoms with E-state index < -0.39 is 0 Å². The van der Waals surface area contributed by atoms with Gasteiger partial charge in [0.2, 0.25) is 0 Å². The second-order valence-electron chi connectivity index (χ2n) is 6.87. The van der Waals surface area contributed by atoms with Crippen LogP contribution in [0.4, 0.5) is 5.69 Å². The van der Waals surface area contributed by atoms with Gasteiger partial charge in [0, 0.05) is 35.2 Å². The molecule has 2 nitrogen and oxygen atoms in total. The molecule has 1 aromatic heterocycles. The van der Waals surface area contributed by atoms with Gasteiger partial charge in [-0.15, -0.1) is 0 Å². The summed E-state index contributed by atoms with van der Waals surface area (Å²) >= 11 is 0. The lowest BCUT2D eigenvalue weighted by molar-refractivity contribution is 0.745. The topological polar surface area (TPSA) is 8.17 Å². The van der Waals surface area contributed by atoms with Crippen molar-refractivity contribution < 1.29 is 0 Å². The summed E-state index contributed by atoms with van der Waals surface area (Å²) in [6, 6.07) is 26.4. The molecule has 0 aliphatic carbocycles. The largest absolute Gasteiger partial charge is 0.372 e. The average molecular weight is 342 g/mol. The molecule has 0 aliphatic heterocycles. The van der Waals surface area contributed by atoms with Gasteiger partial charge in [-0.3, -0.25) is 0 Å². The highest BCUT2D eigenvalue weighted by atomic mass is 15.1. The smallest absolute Gasteiger partial charge is 0.0541 e. The molecule has 132 valence electrons. The molecule has 4 aromatic rings. The first-order valence-corrected chi connectivity index (χ1v) is 9.67. The lowest BCUT2D eigenvalue weighted by Gasteiger charge is -2.24. The minimum Gasteiger partial charge on any atom is -0.372 e. The monoisotopic (exact) mass is 342 g/mol. The standard InChI is InChI=1S/C24H26N2/c1-3-17-25(18-4-2)19-13-15-20(16-14-19)26-23-11-7-5-9-21(23)22-10-6-8-12-24(22)26/h5-16H,3-4,17-18H2,1-2H3. The van der Waals surface area contributed by atoms with Crippen molar-refractivity contribution >= 4 is 27.5 Å². The van der Waals surface area contributed by atoms with Crippen molar-refractivity contribution in [2.45, 2.75) is 26.7 Å². The number of anilines is 1. The van der Waals surface area contributed by atoms with E-state index in [0.29, 0.717) is 0 Å². The Balaban J connectivity index is 1.82. The maximum Gasteiger partial charge on any atom is 0.0541 e. The molecule has 0 fully saturated rings. The van der Waals surface area contributed by atoms with Gasteiger partial charge in [0.05, 0.1) is 11.0 Å². The fourth-order valence-corrected chi connectivity index (χ4v) is 3.92. The Bertz CT molecular complexity index is 952. The summed E-state index contributed by atoms with van der Waals surface area (Å²) in [6.45, 7) is 6.72. The summed E-state index contributed by atoms with van der Waals surface area (Å²) in [5.74, 6) is 0. The van der Waals surface area contributed by atoms with E-state index in [4.69, 9.17) is 0 Å². The van der Waals surface area contributed by atoms with Crippen LogP contribution in [0.5, 0.6) is 0 Å². The van der Waals surface area contributed by atoms with Crippen molar-refractivity contribution in [2.75, 3.05) is 18.0 Å². The van der Waals surface area contributed by atoms with Gasteiger partial charge in [-0.1, -0.05) is 50.2 Å². The first-order chi connectivity index (χ1) is 12.8. The molecule has 0 saturated heterocycles. The Morgan fingerprint density at radius 3 is 1.65 bits per heavy atom. The maximum atomic E-state index is 2.48. The number of para-hydroxylation sites is 2. The molecule has 0 saturated carbocycles. The molecule has 0 amide bonds. The number of rotatable bonds is 6. The van der Waals surface area contributed by atoms with Crippen molar-refractivity contribution in [3.05, 3.63) is 72.8 Å². The van der Waals surface area contributed by atoms with E-state index in [1.807, 2.05) is 0 Å². The van der Waals surface area contributed by atoms with E-state index in [1.165, 1.54) is 46.0 Å². The highest BCUT2D eigenvalue weighted by molar-refractivity contribution is 6.09. The van der Waals surface area contributed by atoms with Gasteiger partial charge < -0.3 is 9.47 Å². The van der Waals surface area contributed by atoms with E-state index in [1.54, 1.807) is 0 Å². The van der Waals surface area contributed by atoms with Crippen LogP contribution in [0, 0.1) is 0 Å². The predicted molar refractivity (Wildman–Crippen MR) is 114 cm³/mol. The molecule has 0 radical (unpaired) electrons. The highest BCUT2D eigenvalue weighted by Crippen LogP contribution is 2.32. The molecule has 26 heavy (non-hydrogen) atoms. The maximum absolute atomic E-state index is 2.48. The Morgan fingerprint density at radius 1 is 0.654 bits per heavy atom. The van der Waals surface area contributed by atoms with Gasteiger partial charge in [0.1, 0.15) is 0 Å². The fourth-order valence-electron chi connectivity index (χ4n) is 3.92. The Kier molecular flexibility index (Phi) is 4.66. The van der Waals surface area contributed by atoms with Crippen LogP contribution >= 0.6 is 0 Å². The molecular formula is C24H26N2. The summed E-state index contributed by atoms with van der Waals surface area (Å²) in [6.07, 6.45) is 2.35. The molecule has 2 heteroatoms. The second kappa shape index (κ2) is 7.25. The number of hydrogen-bond donors (Lipinski definition) is 0. The minimum atomic E-state index is 1.11.